The van der Waals surface area contributed by atoms with E-state index >= 15 is 0 Å². The predicted molar refractivity (Wildman–Crippen MR) is 161 cm³/mol. The lowest BCUT2D eigenvalue weighted by atomic mass is 9.90. The van der Waals surface area contributed by atoms with Gasteiger partial charge in [0.2, 0.25) is 0 Å². The molecule has 0 aliphatic heterocycles. The molecule has 1 fully saturated rings. The van der Waals surface area contributed by atoms with Crippen molar-refractivity contribution in [1.29, 1.82) is 0 Å². The van der Waals surface area contributed by atoms with Crippen molar-refractivity contribution in [2.75, 3.05) is 18.9 Å². The number of carbonyl (C=O) groups excluding carboxylic acids is 2. The van der Waals surface area contributed by atoms with Crippen molar-refractivity contribution in [2.45, 2.75) is 59.4 Å². The molecule has 5 unspecified atom stereocenters. The van der Waals surface area contributed by atoms with E-state index < -0.39 is 0 Å². The first-order chi connectivity index (χ1) is 19.4. The number of aromatic amines is 1. The molecular formula is C31H44N6O3. The minimum absolute atomic E-state index is 0.00447. The summed E-state index contributed by atoms with van der Waals surface area (Å²) in [5.41, 5.74) is 7.27. The van der Waals surface area contributed by atoms with Crippen LogP contribution in [0.15, 0.2) is 42.6 Å². The molecule has 2 aromatic heterocycles. The van der Waals surface area contributed by atoms with Crippen LogP contribution in [0.5, 0.6) is 5.75 Å². The number of anilines is 1. The number of hydrogen-bond acceptors (Lipinski definition) is 7. The monoisotopic (exact) mass is 548 g/mol. The van der Waals surface area contributed by atoms with Crippen molar-refractivity contribution in [3.63, 3.8) is 0 Å². The van der Waals surface area contributed by atoms with Crippen molar-refractivity contribution < 1.29 is 14.7 Å². The van der Waals surface area contributed by atoms with Crippen LogP contribution < -0.4 is 16.4 Å². The number of aromatic hydroxyl groups is 1. The van der Waals surface area contributed by atoms with Crippen molar-refractivity contribution in [3.05, 3.63) is 48.2 Å². The number of hydrogen-bond donors (Lipinski definition) is 5. The molecule has 2 aliphatic rings. The molecule has 5 rings (SSSR count). The summed E-state index contributed by atoms with van der Waals surface area (Å²) in [7, 11) is 1.50. The lowest BCUT2D eigenvalue weighted by molar-refractivity contribution is -0.111. The van der Waals surface area contributed by atoms with Gasteiger partial charge in [-0.1, -0.05) is 64.3 Å². The van der Waals surface area contributed by atoms with E-state index in [-0.39, 0.29) is 35.5 Å². The second kappa shape index (κ2) is 14.6. The Morgan fingerprint density at radius 1 is 1.23 bits per heavy atom. The van der Waals surface area contributed by atoms with Gasteiger partial charge >= 0.3 is 0 Å². The Balaban J connectivity index is 0.000000430. The van der Waals surface area contributed by atoms with Gasteiger partial charge < -0.3 is 31.3 Å². The van der Waals surface area contributed by atoms with Gasteiger partial charge in [-0.05, 0) is 50.3 Å². The van der Waals surface area contributed by atoms with Crippen LogP contribution in [0.3, 0.4) is 0 Å². The molecule has 216 valence electrons. The first kappa shape index (κ1) is 30.8. The van der Waals surface area contributed by atoms with E-state index in [4.69, 9.17) is 0 Å². The molecule has 0 radical (unpaired) electrons. The highest BCUT2D eigenvalue weighted by Crippen LogP contribution is 2.45. The number of rotatable bonds is 9. The summed E-state index contributed by atoms with van der Waals surface area (Å²) in [6, 6.07) is 7.08. The topological polar surface area (TPSA) is 146 Å². The number of aromatic nitrogens is 3. The Bertz CT molecular complexity index is 1300. The minimum atomic E-state index is -0.150. The zero-order chi connectivity index (χ0) is 29.2. The van der Waals surface area contributed by atoms with Gasteiger partial charge in [0.25, 0.3) is 5.91 Å². The fraction of sp³-hybridized carbons (Fsp3) is 0.484. The lowest BCUT2D eigenvalue weighted by Gasteiger charge is -2.26. The highest BCUT2D eigenvalue weighted by molar-refractivity contribution is 5.96. The summed E-state index contributed by atoms with van der Waals surface area (Å²) in [4.78, 5) is 35.9. The lowest BCUT2D eigenvalue weighted by Crippen LogP contribution is -2.33. The largest absolute Gasteiger partial charge is 0.504 e. The third kappa shape index (κ3) is 6.88. The van der Waals surface area contributed by atoms with Crippen LogP contribution in [0.2, 0.25) is 0 Å². The number of imidazole rings is 1. The Morgan fingerprint density at radius 2 is 1.98 bits per heavy atom. The fourth-order valence-corrected chi connectivity index (χ4v) is 5.41. The van der Waals surface area contributed by atoms with Gasteiger partial charge in [-0.2, -0.15) is 0 Å². The zero-order valence-electron chi connectivity index (χ0n) is 24.3. The highest BCUT2D eigenvalue weighted by Gasteiger charge is 2.44. The molecular weight excluding hydrogens is 504 g/mol. The van der Waals surface area contributed by atoms with Gasteiger partial charge in [0, 0.05) is 29.6 Å². The number of nitrogens with two attached hydrogens (primary N) is 1. The smallest absolute Gasteiger partial charge is 0.251 e. The van der Waals surface area contributed by atoms with Gasteiger partial charge in [-0.25, -0.2) is 9.97 Å². The molecule has 1 saturated carbocycles. The van der Waals surface area contributed by atoms with Gasteiger partial charge in [-0.3, -0.25) is 4.79 Å². The molecule has 1 amide bonds. The summed E-state index contributed by atoms with van der Waals surface area (Å²) in [6.45, 7) is 9.22. The number of carbonyl (C=O) groups is 2. The highest BCUT2D eigenvalue weighted by atomic mass is 16.3. The third-order valence-corrected chi connectivity index (χ3v) is 7.70. The first-order valence-corrected chi connectivity index (χ1v) is 14.3. The average molecular weight is 549 g/mol. The quantitative estimate of drug-likeness (QED) is 0.180. The Kier molecular flexibility index (Phi) is 11.3. The Morgan fingerprint density at radius 3 is 2.62 bits per heavy atom. The zero-order valence-corrected chi connectivity index (χ0v) is 24.3. The predicted octanol–water partition coefficient (Wildman–Crippen LogP) is 5.29. The molecule has 9 nitrogen and oxygen atoms in total. The number of benzene rings is 1. The minimum Gasteiger partial charge on any atom is -0.504 e. The number of allylic oxidation sites excluding steroid dienone is 1. The second-order valence-electron chi connectivity index (χ2n) is 10.4. The van der Waals surface area contributed by atoms with Crippen LogP contribution in [0.4, 0.5) is 5.69 Å². The molecule has 0 spiro atoms. The Labute approximate surface area is 237 Å². The van der Waals surface area contributed by atoms with Gasteiger partial charge in [0.15, 0.2) is 11.4 Å². The van der Waals surface area contributed by atoms with Gasteiger partial charge in [-0.15, -0.1) is 0 Å². The van der Waals surface area contributed by atoms with E-state index in [2.05, 4.69) is 64.2 Å². The number of fused-ring (bicyclic) bond motifs is 3. The van der Waals surface area contributed by atoms with E-state index in [1.54, 1.807) is 18.2 Å². The third-order valence-electron chi connectivity index (χ3n) is 7.70. The van der Waals surface area contributed by atoms with E-state index in [1.807, 2.05) is 13.0 Å². The van der Waals surface area contributed by atoms with Crippen molar-refractivity contribution in [1.82, 2.24) is 20.3 Å². The summed E-state index contributed by atoms with van der Waals surface area (Å²) >= 11 is 0. The number of nitrogens with zero attached hydrogens (tertiary/aromatic N) is 2. The molecule has 1 aromatic carbocycles. The molecule has 40 heavy (non-hydrogen) atoms. The molecule has 2 bridgehead atoms. The second-order valence-corrected chi connectivity index (χ2v) is 10.4. The van der Waals surface area contributed by atoms with Crippen LogP contribution in [-0.4, -0.2) is 51.9 Å². The van der Waals surface area contributed by atoms with E-state index in [0.29, 0.717) is 34.8 Å². The average Bonchev–Trinajstić information content (AvgIpc) is 3.71. The normalized spacial score (nSPS) is 21.1. The molecule has 6 N–H and O–H groups in total. The van der Waals surface area contributed by atoms with Gasteiger partial charge in [0.1, 0.15) is 23.3 Å². The maximum absolute atomic E-state index is 12.2. The Hall–Kier alpha value is -3.72. The van der Waals surface area contributed by atoms with E-state index in [0.717, 1.165) is 24.2 Å². The fourth-order valence-electron chi connectivity index (χ4n) is 5.41. The van der Waals surface area contributed by atoms with Crippen LogP contribution in [0.1, 0.15) is 63.7 Å². The molecule has 9 heteroatoms. The van der Waals surface area contributed by atoms with Crippen molar-refractivity contribution in [3.8, 4) is 17.1 Å². The summed E-state index contributed by atoms with van der Waals surface area (Å²) in [5, 5.41) is 16.7. The molecule has 2 aliphatic carbocycles. The van der Waals surface area contributed by atoms with Crippen LogP contribution in [0, 0.1) is 23.7 Å². The number of amides is 1. The number of nitrogens with one attached hydrogen (secondary N) is 3. The van der Waals surface area contributed by atoms with Crippen LogP contribution in [0.25, 0.3) is 22.6 Å². The maximum atomic E-state index is 12.2. The molecule has 3 aromatic rings. The molecule has 0 saturated heterocycles. The van der Waals surface area contributed by atoms with Crippen LogP contribution in [-0.2, 0) is 4.79 Å². The standard InChI is InChI=1S/C23H23N5O3.C7H16.CH5N/c1-2-24-23(31)15-5-3-4-14(9-15)21-27-20-19(17(30)10-25-22(20)28-21)26-18-13-7-6-12(8-13)16(18)11-29;1-4-6-7(3)5-2;1-2/h3-7,9-13,16,18,30H,2,8H2,1H3,(H,24,31)(H2,25,26,27,28);7H,4-6H2,1-3H3;2H2,1H3. The summed E-state index contributed by atoms with van der Waals surface area (Å²) in [6.07, 6.45) is 11.6. The van der Waals surface area contributed by atoms with E-state index in [9.17, 15) is 14.7 Å². The summed E-state index contributed by atoms with van der Waals surface area (Å²) in [5.74, 6) is 1.70. The number of aldehydes is 1. The molecule has 5 atom stereocenters. The van der Waals surface area contributed by atoms with Crippen molar-refractivity contribution >= 4 is 29.0 Å². The van der Waals surface area contributed by atoms with Crippen molar-refractivity contribution in [2.24, 2.45) is 29.4 Å². The first-order valence-electron chi connectivity index (χ1n) is 14.3. The molecule has 2 heterocycles. The summed E-state index contributed by atoms with van der Waals surface area (Å²) < 4.78 is 0. The van der Waals surface area contributed by atoms with Gasteiger partial charge in [0.05, 0.1) is 6.20 Å². The number of H-pyrrole nitrogens is 1. The number of pyridine rings is 1. The van der Waals surface area contributed by atoms with Crippen LogP contribution >= 0.6 is 0 Å². The SMILES string of the molecule is CCCC(C)CC.CCNC(=O)c1cccc(-c2nc3ncc(O)c(NC4C5C=CC(C5)C4C=O)c3[nH]2)c1.CN. The maximum Gasteiger partial charge on any atom is 0.251 e. The van der Waals surface area contributed by atoms with E-state index in [1.165, 1.54) is 32.5 Å².